The van der Waals surface area contributed by atoms with Crippen molar-refractivity contribution in [1.82, 2.24) is 20.1 Å². The van der Waals surface area contributed by atoms with Crippen LogP contribution in [0.15, 0.2) is 78.0 Å². The first-order valence-electron chi connectivity index (χ1n) is 13.4. The lowest BCUT2D eigenvalue weighted by Crippen LogP contribution is -2.35. The van der Waals surface area contributed by atoms with E-state index in [0.717, 1.165) is 22.4 Å². The number of rotatable bonds is 8. The number of methoxy groups -OCH3 is 1. The fraction of sp³-hybridized carbons (Fsp3) is 0.233. The summed E-state index contributed by atoms with van der Waals surface area (Å²) in [4.78, 5) is 23.1. The first kappa shape index (κ1) is 31.0. The van der Waals surface area contributed by atoms with Crippen LogP contribution in [0.3, 0.4) is 0 Å². The van der Waals surface area contributed by atoms with Crippen molar-refractivity contribution in [2.45, 2.75) is 32.7 Å². The topological polar surface area (TPSA) is 93.9 Å². The van der Waals surface area contributed by atoms with Crippen LogP contribution in [0.4, 0.5) is 18.9 Å². The van der Waals surface area contributed by atoms with Gasteiger partial charge in [-0.25, -0.2) is 9.67 Å². The quantitative estimate of drug-likeness (QED) is 0.231. The Bertz CT molecular complexity index is 1690. The summed E-state index contributed by atoms with van der Waals surface area (Å²) in [6.45, 7) is 3.91. The van der Waals surface area contributed by atoms with Gasteiger partial charge in [-0.2, -0.15) is 4.99 Å². The van der Waals surface area contributed by atoms with Gasteiger partial charge in [-0.15, -0.1) is 18.3 Å². The first-order valence-corrected chi connectivity index (χ1v) is 14.7. The van der Waals surface area contributed by atoms with Crippen LogP contribution in [-0.2, 0) is 11.2 Å². The highest BCUT2D eigenvalue weighted by Crippen LogP contribution is 2.31. The number of hydrogen-bond acceptors (Lipinski definition) is 7. The van der Waals surface area contributed by atoms with Gasteiger partial charge in [-0.3, -0.25) is 9.69 Å². The van der Waals surface area contributed by atoms with Crippen molar-refractivity contribution in [2.75, 3.05) is 17.8 Å². The van der Waals surface area contributed by atoms with E-state index >= 15 is 0 Å². The number of amidine groups is 1. The summed E-state index contributed by atoms with van der Waals surface area (Å²) in [5.74, 6) is 1.08. The lowest BCUT2D eigenvalue weighted by Gasteiger charge is -2.20. The third-order valence-corrected chi connectivity index (χ3v) is 7.69. The Morgan fingerprint density at radius 3 is 2.48 bits per heavy atom. The number of carbonyl (C=O) groups excluding carboxylic acids is 1. The number of benzene rings is 3. The normalized spacial score (nSPS) is 15.0. The van der Waals surface area contributed by atoms with Gasteiger partial charge in [0, 0.05) is 11.6 Å². The molecule has 0 spiro atoms. The Balaban J connectivity index is 1.19. The van der Waals surface area contributed by atoms with Gasteiger partial charge in [0.25, 0.3) is 0 Å². The number of aliphatic imine (C=N–C) groups is 1. The van der Waals surface area contributed by atoms with Gasteiger partial charge in [0.15, 0.2) is 16.1 Å². The molecule has 1 saturated heterocycles. The standard InChI is InChI=1S/C30H27F3N6O3S2/c1-18-14-24(41-3)12-13-25(18)39-26(40)16-44-29(39)36-28(43)35-19(2)15-20-4-6-21(7-5-20)27-34-17-38(37-27)22-8-10-23(11-9-22)42-30(31,32)33/h4-14,17,19H,15-16H2,1-3H3,(H,35,43)/b36-29-. The number of ether oxygens (including phenoxy) is 2. The average molecular weight is 641 g/mol. The number of amides is 1. The van der Waals surface area contributed by atoms with Crippen LogP contribution < -0.4 is 19.7 Å². The highest BCUT2D eigenvalue weighted by atomic mass is 32.2. The molecule has 5 rings (SSSR count). The molecule has 0 saturated carbocycles. The van der Waals surface area contributed by atoms with Crippen LogP contribution in [0.2, 0.25) is 0 Å². The van der Waals surface area contributed by atoms with E-state index < -0.39 is 6.36 Å². The van der Waals surface area contributed by atoms with Crippen LogP contribution >= 0.6 is 24.0 Å². The molecule has 1 aliphatic rings. The molecule has 1 aliphatic heterocycles. The summed E-state index contributed by atoms with van der Waals surface area (Å²) in [6.07, 6.45) is -2.60. The van der Waals surface area contributed by atoms with E-state index in [2.05, 4.69) is 25.1 Å². The number of alkyl halides is 3. The van der Waals surface area contributed by atoms with E-state index in [1.165, 1.54) is 47.0 Å². The third-order valence-electron chi connectivity index (χ3n) is 6.56. The Hall–Kier alpha value is -4.43. The Morgan fingerprint density at radius 2 is 1.82 bits per heavy atom. The number of anilines is 1. The van der Waals surface area contributed by atoms with E-state index in [9.17, 15) is 18.0 Å². The number of aryl methyl sites for hydroxylation is 1. The summed E-state index contributed by atoms with van der Waals surface area (Å²) >= 11 is 6.85. The fourth-order valence-electron chi connectivity index (χ4n) is 4.53. The molecule has 44 heavy (non-hydrogen) atoms. The minimum atomic E-state index is -4.75. The van der Waals surface area contributed by atoms with Crippen molar-refractivity contribution in [2.24, 2.45) is 4.99 Å². The summed E-state index contributed by atoms with van der Waals surface area (Å²) < 4.78 is 47.9. The number of thioether (sulfide) groups is 1. The Labute approximate surface area is 261 Å². The molecule has 1 atom stereocenters. The minimum Gasteiger partial charge on any atom is -0.497 e. The number of nitrogens with one attached hydrogen (secondary N) is 1. The van der Waals surface area contributed by atoms with E-state index in [1.807, 2.05) is 50.2 Å². The number of thiocarbonyl (C=S) groups is 1. The molecule has 1 N–H and O–H groups in total. The molecule has 0 bridgehead atoms. The molecule has 1 amide bonds. The predicted octanol–water partition coefficient (Wildman–Crippen LogP) is 6.09. The molecule has 14 heteroatoms. The summed E-state index contributed by atoms with van der Waals surface area (Å²) in [5, 5.41) is 8.49. The van der Waals surface area contributed by atoms with Crippen molar-refractivity contribution >= 4 is 45.9 Å². The molecular formula is C30H27F3N6O3S2. The van der Waals surface area contributed by atoms with E-state index in [1.54, 1.807) is 18.1 Å². The van der Waals surface area contributed by atoms with Crippen LogP contribution in [0.25, 0.3) is 17.1 Å². The maximum absolute atomic E-state index is 12.7. The second-order valence-corrected chi connectivity index (χ2v) is 11.2. The van der Waals surface area contributed by atoms with Crippen molar-refractivity contribution in [3.63, 3.8) is 0 Å². The Kier molecular flexibility index (Phi) is 9.20. The maximum Gasteiger partial charge on any atom is 0.573 e. The van der Waals surface area contributed by atoms with Gasteiger partial charge in [0.1, 0.15) is 17.8 Å². The number of hydrogen-bond donors (Lipinski definition) is 1. The van der Waals surface area contributed by atoms with Crippen molar-refractivity contribution in [3.8, 4) is 28.6 Å². The number of carbonyl (C=O) groups is 1. The first-order chi connectivity index (χ1) is 21.0. The summed E-state index contributed by atoms with van der Waals surface area (Å²) in [5.41, 5.74) is 3.99. The van der Waals surface area contributed by atoms with Gasteiger partial charge in [0.2, 0.25) is 5.91 Å². The highest BCUT2D eigenvalue weighted by molar-refractivity contribution is 8.15. The lowest BCUT2D eigenvalue weighted by atomic mass is 10.1. The zero-order valence-electron chi connectivity index (χ0n) is 23.8. The SMILES string of the molecule is COc1ccc(N2C(=O)CS/C2=N\C(=S)NC(C)Cc2ccc(-c3ncn(-c4ccc(OC(F)(F)F)cc4)n3)cc2)c(C)c1. The second kappa shape index (κ2) is 13.1. The van der Waals surface area contributed by atoms with E-state index in [-0.39, 0.29) is 28.6 Å². The molecular weight excluding hydrogens is 613 g/mol. The summed E-state index contributed by atoms with van der Waals surface area (Å²) in [6, 6.07) is 18.6. The van der Waals surface area contributed by atoms with Gasteiger partial charge in [-0.1, -0.05) is 36.0 Å². The monoisotopic (exact) mass is 640 g/mol. The van der Waals surface area contributed by atoms with Gasteiger partial charge < -0.3 is 14.8 Å². The third kappa shape index (κ3) is 7.55. The van der Waals surface area contributed by atoms with Crippen LogP contribution in [0.5, 0.6) is 11.5 Å². The number of nitrogens with zero attached hydrogens (tertiary/aromatic N) is 5. The lowest BCUT2D eigenvalue weighted by molar-refractivity contribution is -0.274. The molecule has 0 radical (unpaired) electrons. The average Bonchev–Trinajstić information content (AvgIpc) is 3.60. The van der Waals surface area contributed by atoms with Crippen molar-refractivity contribution in [3.05, 3.63) is 84.2 Å². The molecule has 9 nitrogen and oxygen atoms in total. The molecule has 2 heterocycles. The highest BCUT2D eigenvalue weighted by Gasteiger charge is 2.32. The summed E-state index contributed by atoms with van der Waals surface area (Å²) in [7, 11) is 1.60. The molecule has 3 aromatic carbocycles. The van der Waals surface area contributed by atoms with E-state index in [0.29, 0.717) is 28.8 Å². The predicted molar refractivity (Wildman–Crippen MR) is 167 cm³/mol. The van der Waals surface area contributed by atoms with Crippen molar-refractivity contribution < 1.29 is 27.4 Å². The van der Waals surface area contributed by atoms with Crippen molar-refractivity contribution in [1.29, 1.82) is 0 Å². The molecule has 1 aromatic heterocycles. The fourth-order valence-corrected chi connectivity index (χ4v) is 5.74. The van der Waals surface area contributed by atoms with E-state index in [4.69, 9.17) is 17.0 Å². The van der Waals surface area contributed by atoms with Crippen LogP contribution in [0, 0.1) is 6.92 Å². The number of halogens is 3. The molecule has 1 unspecified atom stereocenters. The molecule has 0 aliphatic carbocycles. The second-order valence-electron chi connectivity index (χ2n) is 9.87. The maximum atomic E-state index is 12.7. The largest absolute Gasteiger partial charge is 0.573 e. The zero-order valence-corrected chi connectivity index (χ0v) is 25.5. The van der Waals surface area contributed by atoms with Crippen LogP contribution in [-0.4, -0.2) is 56.2 Å². The van der Waals surface area contributed by atoms with Gasteiger partial charge in [0.05, 0.1) is 24.2 Å². The minimum absolute atomic E-state index is 0.0439. The smallest absolute Gasteiger partial charge is 0.497 e. The zero-order chi connectivity index (χ0) is 31.4. The molecule has 1 fully saturated rings. The molecule has 4 aromatic rings. The Morgan fingerprint density at radius 1 is 1.11 bits per heavy atom. The van der Waals surface area contributed by atoms with Gasteiger partial charge in [-0.05, 0) is 86.1 Å². The van der Waals surface area contributed by atoms with Gasteiger partial charge >= 0.3 is 6.36 Å². The molecule has 228 valence electrons. The number of aromatic nitrogens is 3. The van der Waals surface area contributed by atoms with Crippen LogP contribution in [0.1, 0.15) is 18.1 Å².